The van der Waals surface area contributed by atoms with Crippen LogP contribution in [0.15, 0.2) is 84.9 Å². The fourth-order valence-electron chi connectivity index (χ4n) is 5.60. The maximum atomic E-state index is 13.6. The van der Waals surface area contributed by atoms with E-state index in [1.807, 2.05) is 60.7 Å². The molecule has 4 aromatic rings. The van der Waals surface area contributed by atoms with Gasteiger partial charge in [0.25, 0.3) is 5.91 Å². The van der Waals surface area contributed by atoms with Crippen molar-refractivity contribution >= 4 is 28.5 Å². The molecule has 3 aromatic carbocycles. The Bertz CT molecular complexity index is 1470. The van der Waals surface area contributed by atoms with Gasteiger partial charge in [-0.05, 0) is 23.8 Å². The fourth-order valence-corrected chi connectivity index (χ4v) is 5.60. The van der Waals surface area contributed by atoms with Crippen molar-refractivity contribution in [3.05, 3.63) is 107 Å². The van der Waals surface area contributed by atoms with Crippen LogP contribution in [0.2, 0.25) is 0 Å². The monoisotopic (exact) mass is 520 g/mol. The number of amides is 1. The molecule has 1 fully saturated rings. The van der Waals surface area contributed by atoms with Gasteiger partial charge < -0.3 is 14.5 Å². The largest absolute Gasteiger partial charge is 0.452 e. The normalized spacial score (nSPS) is 15.7. The lowest BCUT2D eigenvalue weighted by Crippen LogP contribution is -2.49. The summed E-state index contributed by atoms with van der Waals surface area (Å²) in [6.45, 7) is 4.74. The Hall–Kier alpha value is -4.23. The minimum absolute atomic E-state index is 0.158. The summed E-state index contributed by atoms with van der Waals surface area (Å²) in [6, 6.07) is 28.3. The van der Waals surface area contributed by atoms with E-state index in [1.165, 1.54) is 5.56 Å². The van der Waals surface area contributed by atoms with E-state index in [2.05, 4.69) is 34.1 Å². The Kier molecular flexibility index (Phi) is 7.23. The van der Waals surface area contributed by atoms with Crippen LogP contribution in [-0.4, -0.2) is 66.0 Å². The molecule has 3 heterocycles. The number of fused-ring (bicyclic) bond motifs is 2. The molecule has 0 atom stereocenters. The summed E-state index contributed by atoms with van der Waals surface area (Å²) < 4.78 is 5.69. The number of anilines is 1. The highest BCUT2D eigenvalue weighted by atomic mass is 16.5. The second-order valence-electron chi connectivity index (χ2n) is 10.2. The van der Waals surface area contributed by atoms with Crippen molar-refractivity contribution in [1.29, 1.82) is 0 Å². The Morgan fingerprint density at radius 2 is 1.49 bits per heavy atom. The van der Waals surface area contributed by atoms with Crippen LogP contribution in [0.5, 0.6) is 0 Å². The Balaban J connectivity index is 1.16. The van der Waals surface area contributed by atoms with Gasteiger partial charge in [-0.25, -0.2) is 4.79 Å². The molecule has 0 aliphatic carbocycles. The van der Waals surface area contributed by atoms with Crippen LogP contribution in [0.3, 0.4) is 0 Å². The van der Waals surface area contributed by atoms with E-state index in [9.17, 15) is 9.59 Å². The molecule has 1 aromatic heterocycles. The molecular formula is C32H32N4O3. The van der Waals surface area contributed by atoms with Gasteiger partial charge in [-0.3, -0.25) is 14.7 Å². The number of rotatable bonds is 6. The number of ether oxygens (including phenoxy) is 1. The SMILES string of the molecule is O=C(OCC(=O)N1CCN(c2ccccc2)CC1)c1c2c(nc3ccccc13)CCN(Cc1ccccc1)C2. The average Bonchev–Trinajstić information content (AvgIpc) is 2.99. The zero-order chi connectivity index (χ0) is 26.6. The summed E-state index contributed by atoms with van der Waals surface area (Å²) in [5.74, 6) is -0.614. The van der Waals surface area contributed by atoms with Crippen LogP contribution in [0.4, 0.5) is 5.69 Å². The minimum Gasteiger partial charge on any atom is -0.452 e. The van der Waals surface area contributed by atoms with Gasteiger partial charge in [-0.15, -0.1) is 0 Å². The lowest BCUT2D eigenvalue weighted by molar-refractivity contribution is -0.134. The van der Waals surface area contributed by atoms with Crippen LogP contribution in [0.1, 0.15) is 27.2 Å². The number of aromatic nitrogens is 1. The minimum atomic E-state index is -0.456. The molecule has 198 valence electrons. The number of esters is 1. The molecule has 39 heavy (non-hydrogen) atoms. The summed E-state index contributed by atoms with van der Waals surface area (Å²) in [5, 5.41) is 0.770. The van der Waals surface area contributed by atoms with E-state index in [1.54, 1.807) is 4.90 Å². The van der Waals surface area contributed by atoms with Crippen LogP contribution >= 0.6 is 0 Å². The first-order valence-corrected chi connectivity index (χ1v) is 13.6. The smallest absolute Gasteiger partial charge is 0.339 e. The first-order chi connectivity index (χ1) is 19.2. The molecule has 0 bridgehead atoms. The number of carbonyl (C=O) groups excluding carboxylic acids is 2. The summed E-state index contributed by atoms with van der Waals surface area (Å²) >= 11 is 0. The van der Waals surface area contributed by atoms with E-state index in [4.69, 9.17) is 9.72 Å². The van der Waals surface area contributed by atoms with E-state index < -0.39 is 5.97 Å². The predicted octanol–water partition coefficient (Wildman–Crippen LogP) is 4.30. The molecule has 2 aliphatic rings. The van der Waals surface area contributed by atoms with Crippen molar-refractivity contribution in [2.24, 2.45) is 0 Å². The van der Waals surface area contributed by atoms with Gasteiger partial charge in [0.2, 0.25) is 0 Å². The topological polar surface area (TPSA) is 66.0 Å². The third kappa shape index (κ3) is 5.49. The standard InChI is InChI=1S/C32H32N4O3/c37-30(36-19-17-35(18-20-36)25-11-5-2-6-12-25)23-39-32(38)31-26-13-7-8-14-28(26)33-29-15-16-34(22-27(29)31)21-24-9-3-1-4-10-24/h1-14H,15-23H2. The molecule has 7 heteroatoms. The Morgan fingerprint density at radius 3 is 2.26 bits per heavy atom. The molecule has 6 rings (SSSR count). The zero-order valence-corrected chi connectivity index (χ0v) is 22.0. The number of nitrogens with zero attached hydrogens (tertiary/aromatic N) is 4. The molecule has 0 spiro atoms. The average molecular weight is 521 g/mol. The van der Waals surface area contributed by atoms with Gasteiger partial charge >= 0.3 is 5.97 Å². The molecule has 1 saturated heterocycles. The number of para-hydroxylation sites is 2. The Morgan fingerprint density at radius 1 is 0.795 bits per heavy atom. The summed E-state index contributed by atoms with van der Waals surface area (Å²) in [4.78, 5) is 37.8. The number of benzene rings is 3. The lowest BCUT2D eigenvalue weighted by atomic mass is 9.95. The van der Waals surface area contributed by atoms with E-state index in [-0.39, 0.29) is 12.5 Å². The number of pyridine rings is 1. The van der Waals surface area contributed by atoms with Gasteiger partial charge in [0, 0.05) is 74.6 Å². The fraction of sp³-hybridized carbons (Fsp3) is 0.281. The highest BCUT2D eigenvalue weighted by Crippen LogP contribution is 2.29. The summed E-state index contributed by atoms with van der Waals surface area (Å²) in [6.07, 6.45) is 0.762. The molecule has 0 radical (unpaired) electrons. The van der Waals surface area contributed by atoms with Crippen molar-refractivity contribution in [3.8, 4) is 0 Å². The second-order valence-corrected chi connectivity index (χ2v) is 10.2. The van der Waals surface area contributed by atoms with E-state index >= 15 is 0 Å². The summed E-state index contributed by atoms with van der Waals surface area (Å²) in [5.41, 5.74) is 5.56. The summed E-state index contributed by atoms with van der Waals surface area (Å²) in [7, 11) is 0. The van der Waals surface area contributed by atoms with Crippen LogP contribution in [0.25, 0.3) is 10.9 Å². The highest BCUT2D eigenvalue weighted by molar-refractivity contribution is 6.05. The zero-order valence-electron chi connectivity index (χ0n) is 22.0. The maximum absolute atomic E-state index is 13.6. The van der Waals surface area contributed by atoms with Gasteiger partial charge in [0.15, 0.2) is 6.61 Å². The number of piperazine rings is 1. The van der Waals surface area contributed by atoms with Crippen molar-refractivity contribution in [3.63, 3.8) is 0 Å². The van der Waals surface area contributed by atoms with E-state index in [0.717, 1.165) is 60.4 Å². The second kappa shape index (κ2) is 11.3. The third-order valence-electron chi connectivity index (χ3n) is 7.66. The van der Waals surface area contributed by atoms with Crippen molar-refractivity contribution in [2.75, 3.05) is 44.2 Å². The first kappa shape index (κ1) is 25.1. The van der Waals surface area contributed by atoms with Gasteiger partial charge in [-0.1, -0.05) is 66.7 Å². The Labute approximate surface area is 228 Å². The molecular weight excluding hydrogens is 488 g/mol. The van der Waals surface area contributed by atoms with Gasteiger partial charge in [-0.2, -0.15) is 0 Å². The molecule has 0 N–H and O–H groups in total. The van der Waals surface area contributed by atoms with Gasteiger partial charge in [0.05, 0.1) is 11.1 Å². The quantitative estimate of drug-likeness (QED) is 0.353. The molecule has 1 amide bonds. The number of hydrogen-bond donors (Lipinski definition) is 0. The van der Waals surface area contributed by atoms with Gasteiger partial charge in [0.1, 0.15) is 0 Å². The third-order valence-corrected chi connectivity index (χ3v) is 7.66. The van der Waals surface area contributed by atoms with Crippen LogP contribution < -0.4 is 4.90 Å². The predicted molar refractivity (Wildman–Crippen MR) is 152 cm³/mol. The van der Waals surface area contributed by atoms with Crippen molar-refractivity contribution < 1.29 is 14.3 Å². The highest BCUT2D eigenvalue weighted by Gasteiger charge is 2.28. The molecule has 2 aliphatic heterocycles. The maximum Gasteiger partial charge on any atom is 0.339 e. The molecule has 0 unspecified atom stereocenters. The van der Waals surface area contributed by atoms with Crippen molar-refractivity contribution in [1.82, 2.24) is 14.8 Å². The number of hydrogen-bond acceptors (Lipinski definition) is 6. The van der Waals surface area contributed by atoms with Crippen LogP contribution in [-0.2, 0) is 29.0 Å². The molecule has 7 nitrogen and oxygen atoms in total. The lowest BCUT2D eigenvalue weighted by Gasteiger charge is -2.36. The first-order valence-electron chi connectivity index (χ1n) is 13.6. The van der Waals surface area contributed by atoms with E-state index in [0.29, 0.717) is 25.2 Å². The molecule has 0 saturated carbocycles. The number of carbonyl (C=O) groups is 2. The van der Waals surface area contributed by atoms with Crippen molar-refractivity contribution in [2.45, 2.75) is 19.5 Å². The van der Waals surface area contributed by atoms with Crippen LogP contribution in [0, 0.1) is 0 Å².